The standard InChI is InChI=1S/C20H27N3OSi/c1-5-25(6-2,7-3)24-17-11-20-19(13-22-23(20)14-17)18-9-8-16(12-21)10-15(18)4/h8-10,13,17H,5-7,11,14H2,1-4H3/t17-/m1/s1. The number of hydrogen-bond acceptors (Lipinski definition) is 3. The molecule has 0 radical (unpaired) electrons. The number of nitrogens with zero attached hydrogens (tertiary/aromatic N) is 3. The molecule has 1 aliphatic rings. The van der Waals surface area contributed by atoms with E-state index in [1.165, 1.54) is 35.0 Å². The summed E-state index contributed by atoms with van der Waals surface area (Å²) >= 11 is 0. The summed E-state index contributed by atoms with van der Waals surface area (Å²) in [6.45, 7) is 9.75. The van der Waals surface area contributed by atoms with Crippen LogP contribution in [0.2, 0.25) is 18.1 Å². The lowest BCUT2D eigenvalue weighted by Crippen LogP contribution is -2.40. The van der Waals surface area contributed by atoms with E-state index < -0.39 is 8.32 Å². The van der Waals surface area contributed by atoms with E-state index in [0.717, 1.165) is 18.5 Å². The molecule has 0 bridgehead atoms. The molecule has 0 saturated carbocycles. The summed E-state index contributed by atoms with van der Waals surface area (Å²) in [6, 6.07) is 11.6. The maximum atomic E-state index is 9.07. The molecule has 25 heavy (non-hydrogen) atoms. The van der Waals surface area contributed by atoms with E-state index in [1.807, 2.05) is 24.4 Å². The Morgan fingerprint density at radius 2 is 1.96 bits per heavy atom. The van der Waals surface area contributed by atoms with E-state index in [1.54, 1.807) is 0 Å². The Morgan fingerprint density at radius 3 is 2.56 bits per heavy atom. The van der Waals surface area contributed by atoms with Gasteiger partial charge in [-0.2, -0.15) is 10.4 Å². The van der Waals surface area contributed by atoms with Crippen LogP contribution in [0, 0.1) is 18.3 Å². The van der Waals surface area contributed by atoms with Crippen LogP contribution in [0.25, 0.3) is 11.1 Å². The van der Waals surface area contributed by atoms with Crippen LogP contribution in [0.3, 0.4) is 0 Å². The van der Waals surface area contributed by atoms with Crippen LogP contribution >= 0.6 is 0 Å². The summed E-state index contributed by atoms with van der Waals surface area (Å²) in [5.41, 5.74) is 5.45. The maximum Gasteiger partial charge on any atom is 0.192 e. The smallest absolute Gasteiger partial charge is 0.192 e. The quantitative estimate of drug-likeness (QED) is 0.709. The van der Waals surface area contributed by atoms with Gasteiger partial charge in [-0.1, -0.05) is 26.8 Å². The van der Waals surface area contributed by atoms with Crippen LogP contribution in [0.5, 0.6) is 0 Å². The van der Waals surface area contributed by atoms with Gasteiger partial charge in [0.25, 0.3) is 0 Å². The van der Waals surface area contributed by atoms with Crippen LogP contribution in [0.4, 0.5) is 0 Å². The second-order valence-corrected chi connectivity index (χ2v) is 11.7. The molecule has 2 heterocycles. The molecule has 2 aromatic rings. The van der Waals surface area contributed by atoms with Gasteiger partial charge in [0.1, 0.15) is 0 Å². The Morgan fingerprint density at radius 1 is 1.24 bits per heavy atom. The second-order valence-electron chi connectivity index (χ2n) is 7.02. The van der Waals surface area contributed by atoms with Gasteiger partial charge in [-0.15, -0.1) is 0 Å². The highest BCUT2D eigenvalue weighted by molar-refractivity contribution is 6.73. The average molecular weight is 354 g/mol. The highest BCUT2D eigenvalue weighted by Gasteiger charge is 2.35. The molecule has 1 aliphatic heterocycles. The van der Waals surface area contributed by atoms with Crippen molar-refractivity contribution in [2.45, 2.75) is 64.9 Å². The van der Waals surface area contributed by atoms with Gasteiger partial charge in [0.05, 0.1) is 30.5 Å². The molecule has 0 amide bonds. The molecule has 5 heteroatoms. The van der Waals surface area contributed by atoms with Crippen LogP contribution in [-0.4, -0.2) is 24.2 Å². The summed E-state index contributed by atoms with van der Waals surface area (Å²) in [7, 11) is -1.59. The lowest BCUT2D eigenvalue weighted by atomic mass is 9.98. The maximum absolute atomic E-state index is 9.07. The third kappa shape index (κ3) is 3.29. The fourth-order valence-corrected chi connectivity index (χ4v) is 6.81. The minimum absolute atomic E-state index is 0.257. The fourth-order valence-electron chi connectivity index (χ4n) is 3.95. The first-order valence-corrected chi connectivity index (χ1v) is 11.8. The molecule has 0 unspecified atom stereocenters. The molecule has 132 valence electrons. The van der Waals surface area contributed by atoms with E-state index in [4.69, 9.17) is 9.69 Å². The zero-order chi connectivity index (χ0) is 18.0. The van der Waals surface area contributed by atoms with Gasteiger partial charge in [0.2, 0.25) is 0 Å². The number of hydrogen-bond donors (Lipinski definition) is 0. The van der Waals surface area contributed by atoms with Crippen molar-refractivity contribution in [2.24, 2.45) is 0 Å². The molecule has 0 saturated heterocycles. The Bertz CT molecular complexity index is 793. The summed E-state index contributed by atoms with van der Waals surface area (Å²) < 4.78 is 8.79. The lowest BCUT2D eigenvalue weighted by Gasteiger charge is -2.31. The van der Waals surface area contributed by atoms with Crippen molar-refractivity contribution in [2.75, 3.05) is 0 Å². The van der Waals surface area contributed by atoms with E-state index >= 15 is 0 Å². The monoisotopic (exact) mass is 353 g/mol. The number of fused-ring (bicyclic) bond motifs is 1. The molecule has 1 atom stereocenters. The molecular formula is C20H27N3OSi. The van der Waals surface area contributed by atoms with E-state index in [-0.39, 0.29) is 6.10 Å². The van der Waals surface area contributed by atoms with E-state index in [0.29, 0.717) is 5.56 Å². The number of rotatable bonds is 6. The molecule has 4 nitrogen and oxygen atoms in total. The van der Waals surface area contributed by atoms with Crippen molar-refractivity contribution in [3.63, 3.8) is 0 Å². The van der Waals surface area contributed by atoms with Gasteiger partial charge in [-0.25, -0.2) is 0 Å². The molecule has 0 fully saturated rings. The normalized spacial score (nSPS) is 16.7. The second kappa shape index (κ2) is 7.15. The number of aromatic nitrogens is 2. The zero-order valence-corrected chi connectivity index (χ0v) is 16.7. The zero-order valence-electron chi connectivity index (χ0n) is 15.7. The molecule has 1 aromatic carbocycles. The van der Waals surface area contributed by atoms with Gasteiger partial charge in [0.15, 0.2) is 8.32 Å². The number of benzene rings is 1. The van der Waals surface area contributed by atoms with Crippen LogP contribution in [-0.2, 0) is 17.4 Å². The van der Waals surface area contributed by atoms with E-state index in [2.05, 4.69) is 43.5 Å². The minimum atomic E-state index is -1.59. The number of nitriles is 1. The van der Waals surface area contributed by atoms with Crippen molar-refractivity contribution in [3.8, 4) is 17.2 Å². The first kappa shape index (κ1) is 17.9. The van der Waals surface area contributed by atoms with Crippen LogP contribution in [0.15, 0.2) is 24.4 Å². The van der Waals surface area contributed by atoms with Gasteiger partial charge in [-0.3, -0.25) is 4.68 Å². The molecule has 1 aromatic heterocycles. The van der Waals surface area contributed by atoms with Crippen molar-refractivity contribution in [1.82, 2.24) is 9.78 Å². The number of aryl methyl sites for hydroxylation is 1. The first-order chi connectivity index (χ1) is 12.1. The average Bonchev–Trinajstić information content (AvgIpc) is 3.20. The molecule has 0 N–H and O–H groups in total. The summed E-state index contributed by atoms with van der Waals surface area (Å²) in [6.07, 6.45) is 3.15. The van der Waals surface area contributed by atoms with Crippen molar-refractivity contribution >= 4 is 8.32 Å². The van der Waals surface area contributed by atoms with Crippen molar-refractivity contribution < 1.29 is 4.43 Å². The summed E-state index contributed by atoms with van der Waals surface area (Å²) in [5.74, 6) is 0. The summed E-state index contributed by atoms with van der Waals surface area (Å²) in [4.78, 5) is 0. The Labute approximate surface area is 151 Å². The van der Waals surface area contributed by atoms with Crippen LogP contribution < -0.4 is 0 Å². The third-order valence-electron chi connectivity index (χ3n) is 5.74. The predicted molar refractivity (Wildman–Crippen MR) is 103 cm³/mol. The third-order valence-corrected chi connectivity index (χ3v) is 10.4. The van der Waals surface area contributed by atoms with Crippen molar-refractivity contribution in [1.29, 1.82) is 5.26 Å². The first-order valence-electron chi connectivity index (χ1n) is 9.29. The minimum Gasteiger partial charge on any atom is -0.412 e. The molecule has 3 rings (SSSR count). The van der Waals surface area contributed by atoms with E-state index in [9.17, 15) is 0 Å². The Balaban J connectivity index is 1.84. The largest absolute Gasteiger partial charge is 0.412 e. The van der Waals surface area contributed by atoms with Gasteiger partial charge < -0.3 is 4.43 Å². The fraction of sp³-hybridized carbons (Fsp3) is 0.500. The Kier molecular flexibility index (Phi) is 5.12. The predicted octanol–water partition coefficient (Wildman–Crippen LogP) is 4.68. The van der Waals surface area contributed by atoms with Crippen molar-refractivity contribution in [3.05, 3.63) is 41.2 Å². The SMILES string of the molecule is CC[Si](CC)(CC)O[C@@H]1Cc2c(-c3ccc(C#N)cc3C)cnn2C1. The Hall–Kier alpha value is -1.90. The summed E-state index contributed by atoms with van der Waals surface area (Å²) in [5, 5.41) is 13.7. The van der Waals surface area contributed by atoms with Gasteiger partial charge >= 0.3 is 0 Å². The highest BCUT2D eigenvalue weighted by atomic mass is 28.4. The molecular weight excluding hydrogens is 326 g/mol. The molecule has 0 aliphatic carbocycles. The van der Waals surface area contributed by atoms with Gasteiger partial charge in [-0.05, 0) is 48.3 Å². The van der Waals surface area contributed by atoms with Crippen LogP contribution in [0.1, 0.15) is 37.6 Å². The van der Waals surface area contributed by atoms with Gasteiger partial charge in [0, 0.05) is 17.7 Å². The highest BCUT2D eigenvalue weighted by Crippen LogP contribution is 2.34. The molecule has 0 spiro atoms. The lowest BCUT2D eigenvalue weighted by molar-refractivity contribution is 0.184. The topological polar surface area (TPSA) is 50.8 Å².